The molecule has 0 radical (unpaired) electrons. The van der Waals surface area contributed by atoms with Crippen LogP contribution in [-0.4, -0.2) is 11.0 Å². The highest BCUT2D eigenvalue weighted by Crippen LogP contribution is 2.46. The average Bonchev–Trinajstić information content (AvgIpc) is 3.18. The van der Waals surface area contributed by atoms with Gasteiger partial charge in [-0.2, -0.15) is 0 Å². The lowest BCUT2D eigenvalue weighted by molar-refractivity contribution is 0.0995. The van der Waals surface area contributed by atoms with Gasteiger partial charge < -0.3 is 14.8 Å². The monoisotopic (exact) mass is 471 g/mol. The lowest BCUT2D eigenvalue weighted by atomic mass is 9.63. The summed E-state index contributed by atoms with van der Waals surface area (Å²) in [5.74, 6) is 0.273. The predicted octanol–water partition coefficient (Wildman–Crippen LogP) is 7.48. The minimum atomic E-state index is -0.414. The highest BCUT2D eigenvalue weighted by molar-refractivity contribution is 6.37. The molecule has 1 amide bonds. The molecule has 1 aromatic heterocycles. The molecule has 1 heterocycles. The Bertz CT molecular complexity index is 1170. The summed E-state index contributed by atoms with van der Waals surface area (Å²) >= 11 is 11.8. The van der Waals surface area contributed by atoms with Crippen LogP contribution in [0.1, 0.15) is 73.5 Å². The standard InChI is InChI=1S/C26H27Cl2NO3/c1-25(2)9-10-26(3,4)19-12-15(5-7-18(19)25)11-17-6-8-22(32-17)24(31)29-16-13-20(27)23(30)21(28)14-16/h5-8,12-14,30H,9-11H2,1-4H3,(H,29,31). The van der Waals surface area contributed by atoms with E-state index in [1.165, 1.54) is 29.7 Å². The van der Waals surface area contributed by atoms with Gasteiger partial charge in [0.25, 0.3) is 5.91 Å². The van der Waals surface area contributed by atoms with Crippen LogP contribution in [0, 0.1) is 0 Å². The molecule has 4 rings (SSSR count). The van der Waals surface area contributed by atoms with Crippen molar-refractivity contribution in [2.45, 2.75) is 57.8 Å². The molecule has 0 spiro atoms. The van der Waals surface area contributed by atoms with Crippen LogP contribution in [0.2, 0.25) is 10.0 Å². The summed E-state index contributed by atoms with van der Waals surface area (Å²) in [5.41, 5.74) is 4.68. The SMILES string of the molecule is CC1(C)CCC(C)(C)c2cc(Cc3ccc(C(=O)Nc4cc(Cl)c(O)c(Cl)c4)o3)ccc21. The fourth-order valence-corrected chi connectivity index (χ4v) is 4.86. The molecule has 6 heteroatoms. The van der Waals surface area contributed by atoms with Gasteiger partial charge in [0, 0.05) is 12.1 Å². The zero-order chi connectivity index (χ0) is 23.3. The van der Waals surface area contributed by atoms with Crippen LogP contribution in [0.25, 0.3) is 0 Å². The summed E-state index contributed by atoms with van der Waals surface area (Å²) in [5, 5.41) is 12.5. The maximum Gasteiger partial charge on any atom is 0.291 e. The van der Waals surface area contributed by atoms with E-state index in [0.717, 1.165) is 12.0 Å². The van der Waals surface area contributed by atoms with Gasteiger partial charge in [-0.25, -0.2) is 0 Å². The Morgan fingerprint density at radius 2 is 1.59 bits per heavy atom. The number of carbonyl (C=O) groups excluding carboxylic acids is 1. The van der Waals surface area contributed by atoms with Gasteiger partial charge in [-0.3, -0.25) is 4.79 Å². The van der Waals surface area contributed by atoms with E-state index in [9.17, 15) is 9.90 Å². The number of rotatable bonds is 4. The molecular formula is C26H27Cl2NO3. The first-order chi connectivity index (χ1) is 15.0. The number of amides is 1. The number of anilines is 1. The quantitative estimate of drug-likeness (QED) is 0.387. The third-order valence-corrected chi connectivity index (χ3v) is 7.03. The molecule has 4 nitrogen and oxygen atoms in total. The van der Waals surface area contributed by atoms with E-state index in [0.29, 0.717) is 17.9 Å². The van der Waals surface area contributed by atoms with Crippen LogP contribution >= 0.6 is 23.2 Å². The van der Waals surface area contributed by atoms with E-state index in [-0.39, 0.29) is 32.4 Å². The third kappa shape index (κ3) is 4.39. The first kappa shape index (κ1) is 22.8. The van der Waals surface area contributed by atoms with E-state index < -0.39 is 5.91 Å². The summed E-state index contributed by atoms with van der Waals surface area (Å²) in [7, 11) is 0. The van der Waals surface area contributed by atoms with Crippen LogP contribution in [0.15, 0.2) is 46.9 Å². The lowest BCUT2D eigenvalue weighted by Gasteiger charge is -2.42. The Morgan fingerprint density at radius 1 is 0.969 bits per heavy atom. The van der Waals surface area contributed by atoms with E-state index in [2.05, 4.69) is 51.2 Å². The van der Waals surface area contributed by atoms with Crippen molar-refractivity contribution in [3.05, 3.63) is 80.7 Å². The second-order valence-corrected chi connectivity index (χ2v) is 10.6. The van der Waals surface area contributed by atoms with Crippen LogP contribution < -0.4 is 5.32 Å². The molecule has 0 atom stereocenters. The second kappa shape index (κ2) is 8.17. The number of phenols is 1. The van der Waals surface area contributed by atoms with Gasteiger partial charge in [-0.1, -0.05) is 69.1 Å². The molecule has 0 bridgehead atoms. The zero-order valence-electron chi connectivity index (χ0n) is 18.7. The number of fused-ring (bicyclic) bond motifs is 1. The highest BCUT2D eigenvalue weighted by Gasteiger charge is 2.36. The van der Waals surface area contributed by atoms with Crippen molar-refractivity contribution >= 4 is 34.8 Å². The molecule has 168 valence electrons. The molecule has 0 aliphatic heterocycles. The van der Waals surface area contributed by atoms with E-state index >= 15 is 0 Å². The van der Waals surface area contributed by atoms with Gasteiger partial charge >= 0.3 is 0 Å². The zero-order valence-corrected chi connectivity index (χ0v) is 20.2. The molecule has 0 saturated carbocycles. The molecule has 32 heavy (non-hydrogen) atoms. The molecule has 2 aromatic carbocycles. The van der Waals surface area contributed by atoms with E-state index in [1.54, 1.807) is 6.07 Å². The van der Waals surface area contributed by atoms with Gasteiger partial charge in [0.15, 0.2) is 11.5 Å². The molecule has 0 saturated heterocycles. The largest absolute Gasteiger partial charge is 0.505 e. The Balaban J connectivity index is 1.52. The van der Waals surface area contributed by atoms with Crippen LogP contribution in [0.3, 0.4) is 0 Å². The number of benzene rings is 2. The minimum Gasteiger partial charge on any atom is -0.505 e. The van der Waals surface area contributed by atoms with Gasteiger partial charge in [-0.05, 0) is 64.6 Å². The van der Waals surface area contributed by atoms with Crippen molar-refractivity contribution in [3.8, 4) is 5.75 Å². The van der Waals surface area contributed by atoms with Crippen molar-refractivity contribution in [2.24, 2.45) is 0 Å². The predicted molar refractivity (Wildman–Crippen MR) is 129 cm³/mol. The Kier molecular flexibility index (Phi) is 5.81. The molecule has 1 aliphatic rings. The maximum atomic E-state index is 12.6. The Labute approximate surface area is 198 Å². The summed E-state index contributed by atoms with van der Waals surface area (Å²) in [6, 6.07) is 13.0. The van der Waals surface area contributed by atoms with Crippen molar-refractivity contribution in [3.63, 3.8) is 0 Å². The topological polar surface area (TPSA) is 62.5 Å². The number of carbonyl (C=O) groups is 1. The average molecular weight is 472 g/mol. The molecule has 1 aliphatic carbocycles. The normalized spacial score (nSPS) is 16.4. The third-order valence-electron chi connectivity index (χ3n) is 6.46. The fraction of sp³-hybridized carbons (Fsp3) is 0.346. The van der Waals surface area contributed by atoms with Crippen molar-refractivity contribution in [1.82, 2.24) is 0 Å². The number of nitrogens with one attached hydrogen (secondary N) is 1. The van der Waals surface area contributed by atoms with Crippen molar-refractivity contribution in [2.75, 3.05) is 5.32 Å². The number of halogens is 2. The number of furan rings is 1. The lowest BCUT2D eigenvalue weighted by Crippen LogP contribution is -2.33. The van der Waals surface area contributed by atoms with E-state index in [1.807, 2.05) is 6.07 Å². The van der Waals surface area contributed by atoms with Crippen LogP contribution in [-0.2, 0) is 17.3 Å². The van der Waals surface area contributed by atoms with Crippen LogP contribution in [0.4, 0.5) is 5.69 Å². The molecule has 0 unspecified atom stereocenters. The summed E-state index contributed by atoms with van der Waals surface area (Å²) < 4.78 is 5.82. The molecular weight excluding hydrogens is 445 g/mol. The van der Waals surface area contributed by atoms with Crippen LogP contribution in [0.5, 0.6) is 5.75 Å². The highest BCUT2D eigenvalue weighted by atomic mass is 35.5. The summed E-state index contributed by atoms with van der Waals surface area (Å²) in [6.45, 7) is 9.24. The Hall–Kier alpha value is -2.43. The Morgan fingerprint density at radius 3 is 2.25 bits per heavy atom. The van der Waals surface area contributed by atoms with Gasteiger partial charge in [-0.15, -0.1) is 0 Å². The smallest absolute Gasteiger partial charge is 0.291 e. The summed E-state index contributed by atoms with van der Waals surface area (Å²) in [4.78, 5) is 12.6. The number of phenolic OH excluding ortho intramolecular Hbond substituents is 1. The number of hydrogen-bond acceptors (Lipinski definition) is 3. The molecule has 2 N–H and O–H groups in total. The van der Waals surface area contributed by atoms with Crippen molar-refractivity contribution < 1.29 is 14.3 Å². The minimum absolute atomic E-state index is 0.0615. The van der Waals surface area contributed by atoms with E-state index in [4.69, 9.17) is 27.6 Å². The molecule has 3 aromatic rings. The number of aromatic hydroxyl groups is 1. The van der Waals surface area contributed by atoms with Gasteiger partial charge in [0.1, 0.15) is 5.76 Å². The first-order valence-electron chi connectivity index (χ1n) is 10.7. The number of hydrogen-bond donors (Lipinski definition) is 2. The van der Waals surface area contributed by atoms with Gasteiger partial charge in [0.2, 0.25) is 0 Å². The fourth-order valence-electron chi connectivity index (χ4n) is 4.37. The molecule has 0 fully saturated rings. The maximum absolute atomic E-state index is 12.6. The first-order valence-corrected chi connectivity index (χ1v) is 11.4. The second-order valence-electron chi connectivity index (χ2n) is 9.83. The van der Waals surface area contributed by atoms with Gasteiger partial charge in [0.05, 0.1) is 10.0 Å². The summed E-state index contributed by atoms with van der Waals surface area (Å²) in [6.07, 6.45) is 2.95. The van der Waals surface area contributed by atoms with Crippen molar-refractivity contribution in [1.29, 1.82) is 0 Å².